The van der Waals surface area contributed by atoms with Gasteiger partial charge < -0.3 is 4.74 Å². The molecule has 0 aromatic rings. The average molecular weight is 186 g/mol. The molecule has 0 bridgehead atoms. The van der Waals surface area contributed by atoms with Crippen LogP contribution in [0.3, 0.4) is 0 Å². The highest BCUT2D eigenvalue weighted by Gasteiger charge is 2.48. The summed E-state index contributed by atoms with van der Waals surface area (Å²) in [6, 6.07) is 0. The number of methoxy groups -OCH3 is 1. The number of esters is 1. The van der Waals surface area contributed by atoms with Crippen molar-refractivity contribution in [2.45, 2.75) is 6.42 Å². The predicted octanol–water partition coefficient (Wildman–Crippen LogP) is -1.43. The van der Waals surface area contributed by atoms with Gasteiger partial charge in [0.1, 0.15) is 0 Å². The quantitative estimate of drug-likeness (QED) is 0.320. The molecule has 2 N–H and O–H groups in total. The van der Waals surface area contributed by atoms with Crippen molar-refractivity contribution in [2.24, 2.45) is 11.8 Å². The van der Waals surface area contributed by atoms with Crippen molar-refractivity contribution in [3.8, 4) is 0 Å². The topological polar surface area (TPSA) is 84.5 Å². The lowest BCUT2D eigenvalue weighted by molar-refractivity contribution is -0.143. The van der Waals surface area contributed by atoms with E-state index in [9.17, 15) is 14.4 Å². The van der Waals surface area contributed by atoms with Gasteiger partial charge in [0.15, 0.2) is 0 Å². The normalized spacial score (nSPS) is 24.4. The molecule has 2 atom stereocenters. The van der Waals surface area contributed by atoms with E-state index in [1.165, 1.54) is 7.11 Å². The molecule has 1 fully saturated rings. The molecule has 0 heterocycles. The van der Waals surface area contributed by atoms with Gasteiger partial charge in [0.05, 0.1) is 18.9 Å². The third kappa shape index (κ3) is 2.17. The highest BCUT2D eigenvalue weighted by molar-refractivity contribution is 5.90. The lowest BCUT2D eigenvalue weighted by Gasteiger charge is -2.00. The predicted molar refractivity (Wildman–Crippen MR) is 41.0 cm³/mol. The Morgan fingerprint density at radius 1 is 1.46 bits per heavy atom. The average Bonchev–Trinajstić information content (AvgIpc) is 2.92. The van der Waals surface area contributed by atoms with Gasteiger partial charge in [-0.1, -0.05) is 0 Å². The van der Waals surface area contributed by atoms with E-state index in [0.717, 1.165) is 0 Å². The van der Waals surface area contributed by atoms with Gasteiger partial charge in [-0.15, -0.1) is 0 Å². The maximum absolute atomic E-state index is 11.1. The van der Waals surface area contributed by atoms with E-state index in [2.05, 4.69) is 10.2 Å². The minimum Gasteiger partial charge on any atom is -0.469 e. The Hall–Kier alpha value is -1.59. The molecule has 0 radical (unpaired) electrons. The summed E-state index contributed by atoms with van der Waals surface area (Å²) < 4.78 is 4.45. The standard InChI is InChI=1S/C7H10N2O4/c1-13-7(12)5-2-4(5)6(11)9-8-3-10/h3-5H,2H2,1H3,(H,8,10)(H,9,11)/t4-,5-/m1/s1. The number of hydrazine groups is 1. The van der Waals surface area contributed by atoms with Crippen LogP contribution in [-0.4, -0.2) is 25.4 Å². The van der Waals surface area contributed by atoms with Gasteiger partial charge in [0.2, 0.25) is 12.3 Å². The fraction of sp³-hybridized carbons (Fsp3) is 0.571. The number of ether oxygens (including phenoxy) is 1. The number of carbonyl (C=O) groups excluding carboxylic acids is 3. The molecular formula is C7H10N2O4. The first-order chi connectivity index (χ1) is 6.20. The van der Waals surface area contributed by atoms with E-state index in [4.69, 9.17) is 0 Å². The molecule has 1 rings (SSSR count). The molecule has 1 saturated carbocycles. The lowest BCUT2D eigenvalue weighted by Crippen LogP contribution is -2.37. The van der Waals surface area contributed by atoms with Crippen LogP contribution < -0.4 is 10.9 Å². The summed E-state index contributed by atoms with van der Waals surface area (Å²) in [5.41, 5.74) is 4.15. The molecule has 72 valence electrons. The van der Waals surface area contributed by atoms with Gasteiger partial charge in [-0.3, -0.25) is 25.2 Å². The Bertz CT molecular complexity index is 241. The minimum atomic E-state index is -0.383. The number of rotatable bonds is 4. The van der Waals surface area contributed by atoms with Crippen molar-refractivity contribution in [2.75, 3.05) is 7.11 Å². The molecule has 6 nitrogen and oxygen atoms in total. The van der Waals surface area contributed by atoms with E-state index in [1.807, 2.05) is 5.43 Å². The van der Waals surface area contributed by atoms with E-state index in [1.54, 1.807) is 0 Å². The summed E-state index contributed by atoms with van der Waals surface area (Å²) in [7, 11) is 1.28. The highest BCUT2D eigenvalue weighted by Crippen LogP contribution is 2.39. The van der Waals surface area contributed by atoms with Crippen LogP contribution in [0.1, 0.15) is 6.42 Å². The summed E-state index contributed by atoms with van der Waals surface area (Å²) in [5, 5.41) is 0. The molecule has 0 aromatic heterocycles. The van der Waals surface area contributed by atoms with Crippen LogP contribution in [0.2, 0.25) is 0 Å². The summed E-state index contributed by atoms with van der Waals surface area (Å²) in [4.78, 5) is 31.7. The van der Waals surface area contributed by atoms with E-state index < -0.39 is 0 Å². The van der Waals surface area contributed by atoms with Crippen molar-refractivity contribution in [3.63, 3.8) is 0 Å². The van der Waals surface area contributed by atoms with Gasteiger partial charge >= 0.3 is 5.97 Å². The molecule has 0 spiro atoms. The van der Waals surface area contributed by atoms with Crippen molar-refractivity contribution in [1.82, 2.24) is 10.9 Å². The highest BCUT2D eigenvalue weighted by atomic mass is 16.5. The summed E-state index contributed by atoms with van der Waals surface area (Å²) >= 11 is 0. The maximum atomic E-state index is 11.1. The number of amides is 2. The van der Waals surface area contributed by atoms with Crippen molar-refractivity contribution in [1.29, 1.82) is 0 Å². The first-order valence-electron chi connectivity index (χ1n) is 3.77. The van der Waals surface area contributed by atoms with E-state index in [0.29, 0.717) is 12.8 Å². The Morgan fingerprint density at radius 3 is 2.69 bits per heavy atom. The molecule has 0 unspecified atom stereocenters. The van der Waals surface area contributed by atoms with Crippen LogP contribution in [-0.2, 0) is 19.1 Å². The lowest BCUT2D eigenvalue weighted by atomic mass is 10.3. The zero-order valence-electron chi connectivity index (χ0n) is 7.07. The summed E-state index contributed by atoms with van der Waals surface area (Å²) in [5.74, 6) is -1.45. The van der Waals surface area contributed by atoms with Crippen LogP contribution in [0.5, 0.6) is 0 Å². The third-order valence-corrected chi connectivity index (χ3v) is 1.89. The summed E-state index contributed by atoms with van der Waals surface area (Å²) in [6.45, 7) is 0. The van der Waals surface area contributed by atoms with Crippen LogP contribution in [0.4, 0.5) is 0 Å². The van der Waals surface area contributed by atoms with Gasteiger partial charge in [-0.05, 0) is 6.42 Å². The fourth-order valence-electron chi connectivity index (χ4n) is 1.09. The molecule has 6 heteroatoms. The molecule has 0 aliphatic heterocycles. The zero-order valence-corrected chi connectivity index (χ0v) is 7.07. The molecule has 1 aliphatic rings. The second-order valence-corrected chi connectivity index (χ2v) is 2.72. The molecule has 0 saturated heterocycles. The third-order valence-electron chi connectivity index (χ3n) is 1.89. The van der Waals surface area contributed by atoms with E-state index in [-0.39, 0.29) is 23.7 Å². The fourth-order valence-corrected chi connectivity index (χ4v) is 1.09. The van der Waals surface area contributed by atoms with Crippen LogP contribution >= 0.6 is 0 Å². The first kappa shape index (κ1) is 9.50. The molecule has 13 heavy (non-hydrogen) atoms. The number of hydrogen-bond acceptors (Lipinski definition) is 4. The number of nitrogens with one attached hydrogen (secondary N) is 2. The van der Waals surface area contributed by atoms with Crippen molar-refractivity contribution >= 4 is 18.3 Å². The van der Waals surface area contributed by atoms with Gasteiger partial charge in [0, 0.05) is 0 Å². The van der Waals surface area contributed by atoms with Crippen molar-refractivity contribution < 1.29 is 19.1 Å². The van der Waals surface area contributed by atoms with Gasteiger partial charge in [-0.2, -0.15) is 0 Å². The monoisotopic (exact) mass is 186 g/mol. The first-order valence-corrected chi connectivity index (χ1v) is 3.77. The van der Waals surface area contributed by atoms with Crippen LogP contribution in [0.25, 0.3) is 0 Å². The van der Waals surface area contributed by atoms with E-state index >= 15 is 0 Å². The second kappa shape index (κ2) is 3.88. The van der Waals surface area contributed by atoms with Crippen molar-refractivity contribution in [3.05, 3.63) is 0 Å². The van der Waals surface area contributed by atoms with Gasteiger partial charge in [-0.25, -0.2) is 0 Å². The maximum Gasteiger partial charge on any atom is 0.309 e. The zero-order chi connectivity index (χ0) is 9.84. The molecule has 0 aromatic carbocycles. The summed E-state index contributed by atoms with van der Waals surface area (Å²) in [6.07, 6.45) is 0.840. The second-order valence-electron chi connectivity index (χ2n) is 2.72. The molecular weight excluding hydrogens is 176 g/mol. The SMILES string of the molecule is COC(=O)[C@@H]1C[C@H]1C(=O)NNC=O. The smallest absolute Gasteiger partial charge is 0.309 e. The largest absolute Gasteiger partial charge is 0.469 e. The number of hydrogen-bond donors (Lipinski definition) is 2. The number of carbonyl (C=O) groups is 3. The van der Waals surface area contributed by atoms with Crippen LogP contribution in [0.15, 0.2) is 0 Å². The Kier molecular flexibility index (Phi) is 2.84. The van der Waals surface area contributed by atoms with Gasteiger partial charge in [0.25, 0.3) is 0 Å². The minimum absolute atomic E-state index is 0.349. The Balaban J connectivity index is 2.29. The molecule has 1 aliphatic carbocycles. The molecule has 2 amide bonds. The Morgan fingerprint density at radius 2 is 2.15 bits per heavy atom. The van der Waals surface area contributed by atoms with Crippen LogP contribution in [0, 0.1) is 11.8 Å². The Labute approximate surface area is 74.6 Å².